The van der Waals surface area contributed by atoms with Gasteiger partial charge in [-0.2, -0.15) is 11.8 Å². The van der Waals surface area contributed by atoms with Gasteiger partial charge in [-0.25, -0.2) is 14.8 Å². The van der Waals surface area contributed by atoms with Gasteiger partial charge in [0.05, 0.1) is 0 Å². The highest BCUT2D eigenvalue weighted by atomic mass is 32.2. The number of unbranched alkanes of at least 4 members (excludes halogenated alkanes) is 1. The van der Waals surface area contributed by atoms with Crippen LogP contribution >= 0.6 is 11.8 Å². The number of likely N-dealkylation sites (tertiary alicyclic amines) is 1. The summed E-state index contributed by atoms with van der Waals surface area (Å²) in [6, 6.07) is 20.0. The highest BCUT2D eigenvalue weighted by Crippen LogP contribution is 2.29. The lowest BCUT2D eigenvalue weighted by atomic mass is 10.0. The molecule has 258 valence electrons. The van der Waals surface area contributed by atoms with E-state index in [0.29, 0.717) is 37.6 Å². The van der Waals surface area contributed by atoms with Crippen molar-refractivity contribution in [3.8, 4) is 0 Å². The van der Waals surface area contributed by atoms with Gasteiger partial charge < -0.3 is 20.4 Å². The molecule has 2 N–H and O–H groups in total. The molecule has 2 aromatic rings. The van der Waals surface area contributed by atoms with E-state index in [4.69, 9.17) is 0 Å². The molecule has 0 radical (unpaired) electrons. The minimum Gasteiger partial charge on any atom is -0.354 e. The summed E-state index contributed by atoms with van der Waals surface area (Å²) in [6.45, 7) is 6.88. The second kappa shape index (κ2) is 20.5. The first-order valence-corrected chi connectivity index (χ1v) is 18.3. The van der Waals surface area contributed by atoms with Gasteiger partial charge in [-0.15, -0.1) is 0 Å². The molecule has 1 atom stereocenters. The van der Waals surface area contributed by atoms with E-state index in [-0.39, 0.29) is 30.2 Å². The number of anilines is 1. The molecule has 2 aromatic carbocycles. The van der Waals surface area contributed by atoms with E-state index < -0.39 is 6.03 Å². The fourth-order valence-corrected chi connectivity index (χ4v) is 7.52. The van der Waals surface area contributed by atoms with Crippen LogP contribution in [0.25, 0.3) is 0 Å². The average Bonchev–Trinajstić information content (AvgIpc) is 3.56. The minimum absolute atomic E-state index is 0.0261. The number of hydrogen-bond donors (Lipinski definition) is 2. The third-order valence-corrected chi connectivity index (χ3v) is 10.2. The van der Waals surface area contributed by atoms with Crippen molar-refractivity contribution in [3.63, 3.8) is 0 Å². The predicted octanol–water partition coefficient (Wildman–Crippen LogP) is 5.46. The maximum Gasteiger partial charge on any atom is 0.366 e. The summed E-state index contributed by atoms with van der Waals surface area (Å²) in [5.74, 6) is 0.666. The second-order valence-electron chi connectivity index (χ2n) is 12.5. The number of carbonyl (C=O) groups is 4. The summed E-state index contributed by atoms with van der Waals surface area (Å²) in [5, 5.41) is 6.15. The zero-order chi connectivity index (χ0) is 34.0. The number of rotatable bonds is 17. The normalized spacial score (nSPS) is 17.6. The molecule has 2 aliphatic heterocycles. The van der Waals surface area contributed by atoms with Gasteiger partial charge in [0.1, 0.15) is 0 Å². The number of aliphatic imine (C=N–C) groups is 2. The quantitative estimate of drug-likeness (QED) is 0.170. The molecule has 0 bridgehead atoms. The van der Waals surface area contributed by atoms with Gasteiger partial charge in [-0.1, -0.05) is 55.0 Å². The zero-order valence-corrected chi connectivity index (χ0v) is 28.8. The largest absolute Gasteiger partial charge is 0.366 e. The Bertz CT molecular complexity index is 1360. The maximum atomic E-state index is 13.5. The summed E-state index contributed by atoms with van der Waals surface area (Å²) in [6.07, 6.45) is 7.85. The Hall–Kier alpha value is -3.83. The van der Waals surface area contributed by atoms with Crippen LogP contribution in [0, 0.1) is 0 Å². The first-order chi connectivity index (χ1) is 23.4. The smallest absolute Gasteiger partial charge is 0.354 e. The van der Waals surface area contributed by atoms with Gasteiger partial charge >= 0.3 is 6.03 Å². The monoisotopic (exact) mass is 674 g/mol. The van der Waals surface area contributed by atoms with Crippen LogP contribution in [-0.2, 0) is 20.8 Å². The van der Waals surface area contributed by atoms with Crippen molar-refractivity contribution >= 4 is 53.6 Å². The van der Waals surface area contributed by atoms with Crippen molar-refractivity contribution in [1.29, 1.82) is 0 Å². The number of thioether (sulfide) groups is 1. The van der Waals surface area contributed by atoms with E-state index in [0.717, 1.165) is 81.7 Å². The molecule has 0 spiro atoms. The molecule has 5 amide bonds. The van der Waals surface area contributed by atoms with Gasteiger partial charge in [0.2, 0.25) is 17.7 Å². The van der Waals surface area contributed by atoms with E-state index in [1.165, 1.54) is 5.56 Å². The summed E-state index contributed by atoms with van der Waals surface area (Å²) < 4.78 is 0. The lowest BCUT2D eigenvalue weighted by Crippen LogP contribution is -2.48. The topological polar surface area (TPSA) is 124 Å². The SMILES string of the molecule is C=NC(=O)N=C1CS[C@@H](CCCCC(=O)NCCNC(=O)CCCC(=O)N(c2ccccc2)C2CCN(CCc3ccccc3)CC2)C1. The Morgan fingerprint density at radius 3 is 2.17 bits per heavy atom. The molecule has 4 rings (SSSR count). The Morgan fingerprint density at radius 2 is 1.50 bits per heavy atom. The van der Waals surface area contributed by atoms with Crippen LogP contribution in [0.5, 0.6) is 0 Å². The van der Waals surface area contributed by atoms with Crippen LogP contribution in [0.15, 0.2) is 70.6 Å². The molecule has 48 heavy (non-hydrogen) atoms. The number of para-hydroxylation sites is 1. The average molecular weight is 675 g/mol. The van der Waals surface area contributed by atoms with Crippen molar-refractivity contribution in [2.45, 2.75) is 81.9 Å². The molecule has 0 aromatic heterocycles. The highest BCUT2D eigenvalue weighted by molar-refractivity contribution is 8.01. The van der Waals surface area contributed by atoms with Crippen LogP contribution in [-0.4, -0.2) is 90.9 Å². The third kappa shape index (κ3) is 13.0. The summed E-state index contributed by atoms with van der Waals surface area (Å²) in [7, 11) is 0. The first kappa shape index (κ1) is 37.0. The Labute approximate surface area is 289 Å². The van der Waals surface area contributed by atoms with Crippen molar-refractivity contribution in [2.24, 2.45) is 9.98 Å². The van der Waals surface area contributed by atoms with Crippen molar-refractivity contribution in [1.82, 2.24) is 15.5 Å². The number of nitrogens with zero attached hydrogens (tertiary/aromatic N) is 4. The second-order valence-corrected chi connectivity index (χ2v) is 13.8. The Balaban J connectivity index is 1.07. The van der Waals surface area contributed by atoms with Crippen molar-refractivity contribution in [2.75, 3.05) is 43.4 Å². The maximum absolute atomic E-state index is 13.5. The fourth-order valence-electron chi connectivity index (χ4n) is 6.27. The summed E-state index contributed by atoms with van der Waals surface area (Å²) in [5.41, 5.74) is 3.13. The molecular weight excluding hydrogens is 625 g/mol. The Kier molecular flexibility index (Phi) is 15.8. The Morgan fingerprint density at radius 1 is 0.854 bits per heavy atom. The first-order valence-electron chi connectivity index (χ1n) is 17.3. The molecule has 2 fully saturated rings. The van der Waals surface area contributed by atoms with Crippen molar-refractivity contribution < 1.29 is 19.2 Å². The van der Waals surface area contributed by atoms with E-state index >= 15 is 0 Å². The van der Waals surface area contributed by atoms with Crippen LogP contribution < -0.4 is 15.5 Å². The van der Waals surface area contributed by atoms with E-state index in [1.807, 2.05) is 41.3 Å². The third-order valence-electron chi connectivity index (χ3n) is 8.87. The van der Waals surface area contributed by atoms with Crippen molar-refractivity contribution in [3.05, 3.63) is 66.2 Å². The number of benzene rings is 2. The van der Waals surface area contributed by atoms with Crippen LogP contribution in [0.4, 0.5) is 10.5 Å². The van der Waals surface area contributed by atoms with Gasteiger partial charge in [-0.3, -0.25) is 14.4 Å². The van der Waals surface area contributed by atoms with Gasteiger partial charge in [0, 0.05) is 80.4 Å². The van der Waals surface area contributed by atoms with Crippen LogP contribution in [0.3, 0.4) is 0 Å². The van der Waals surface area contributed by atoms with Gasteiger partial charge in [0.25, 0.3) is 0 Å². The van der Waals surface area contributed by atoms with E-state index in [1.54, 1.807) is 11.8 Å². The van der Waals surface area contributed by atoms with E-state index in [9.17, 15) is 19.2 Å². The lowest BCUT2D eigenvalue weighted by Gasteiger charge is -2.38. The molecule has 2 heterocycles. The molecule has 0 aliphatic carbocycles. The van der Waals surface area contributed by atoms with Gasteiger partial charge in [0.15, 0.2) is 0 Å². The van der Waals surface area contributed by atoms with E-state index in [2.05, 4.69) is 56.5 Å². The number of nitrogens with one attached hydrogen (secondary N) is 2. The number of piperidine rings is 1. The van der Waals surface area contributed by atoms with Crippen LogP contribution in [0.2, 0.25) is 0 Å². The summed E-state index contributed by atoms with van der Waals surface area (Å²) >= 11 is 1.79. The molecule has 10 nitrogen and oxygen atoms in total. The molecule has 2 aliphatic rings. The number of amides is 5. The minimum atomic E-state index is -0.531. The zero-order valence-electron chi connectivity index (χ0n) is 28.0. The predicted molar refractivity (Wildman–Crippen MR) is 195 cm³/mol. The number of carbonyl (C=O) groups excluding carboxylic acids is 4. The highest BCUT2D eigenvalue weighted by Gasteiger charge is 2.29. The molecule has 0 saturated carbocycles. The molecular formula is C37H50N6O4S. The molecule has 2 saturated heterocycles. The number of urea groups is 1. The summed E-state index contributed by atoms with van der Waals surface area (Å²) in [4.78, 5) is 61.2. The standard InChI is InChI=1S/C37H50N6O4S/c1-38-37(47)41-30-27-33(48-28-30)15-8-9-16-34(44)39-22-23-40-35(45)17-10-18-36(46)43(31-13-6-3-7-14-31)32-20-25-42(26-21-32)24-19-29-11-4-2-5-12-29/h2-7,11-14,32-33H,1,8-10,15-28H2,(H,39,44)(H,40,45)/t33-/m0/s1. The molecule has 0 unspecified atom stereocenters. The van der Waals surface area contributed by atoms with Gasteiger partial charge in [-0.05, 0) is 69.4 Å². The molecule has 11 heteroatoms. The van der Waals surface area contributed by atoms with Crippen LogP contribution in [0.1, 0.15) is 69.8 Å². The fraction of sp³-hybridized carbons (Fsp3) is 0.514. The lowest BCUT2D eigenvalue weighted by molar-refractivity contribution is -0.123. The number of hydrogen-bond acceptors (Lipinski definition) is 6.